The lowest BCUT2D eigenvalue weighted by Crippen LogP contribution is -2.51. The topological polar surface area (TPSA) is 45.5 Å². The molecule has 0 spiro atoms. The number of hydrogen-bond acceptors (Lipinski definition) is 3. The third-order valence-electron chi connectivity index (χ3n) is 4.83. The molecule has 1 N–H and O–H groups in total. The van der Waals surface area contributed by atoms with E-state index in [2.05, 4.69) is 17.1 Å². The number of piperidine rings is 1. The molecule has 1 aliphatic heterocycles. The van der Waals surface area contributed by atoms with E-state index in [1.807, 2.05) is 19.1 Å². The van der Waals surface area contributed by atoms with Crippen molar-refractivity contribution in [3.05, 3.63) is 23.7 Å². The largest absolute Gasteiger partial charge is 0.465 e. The van der Waals surface area contributed by atoms with E-state index in [0.717, 1.165) is 56.8 Å². The number of carbonyl (C=O) groups excluding carboxylic acids is 1. The van der Waals surface area contributed by atoms with E-state index in [-0.39, 0.29) is 0 Å². The number of hydrogen-bond donors (Lipinski definition) is 1. The van der Waals surface area contributed by atoms with Crippen molar-refractivity contribution >= 4 is 5.91 Å². The Morgan fingerprint density at radius 1 is 1.38 bits per heavy atom. The zero-order valence-corrected chi connectivity index (χ0v) is 13.1. The smallest absolute Gasteiger partial charge is 0.225 e. The van der Waals surface area contributed by atoms with Crippen LogP contribution in [0.15, 0.2) is 16.5 Å². The van der Waals surface area contributed by atoms with Gasteiger partial charge in [-0.1, -0.05) is 13.3 Å². The second-order valence-electron chi connectivity index (χ2n) is 6.52. The molecule has 4 heteroatoms. The van der Waals surface area contributed by atoms with Crippen LogP contribution in [0.3, 0.4) is 0 Å². The Bertz CT molecular complexity index is 493. The van der Waals surface area contributed by atoms with Crippen LogP contribution in [0.25, 0.3) is 0 Å². The van der Waals surface area contributed by atoms with Crippen LogP contribution < -0.4 is 5.32 Å². The number of rotatable bonds is 5. The molecule has 2 unspecified atom stereocenters. The van der Waals surface area contributed by atoms with Crippen molar-refractivity contribution in [3.63, 3.8) is 0 Å². The predicted octanol–water partition coefficient (Wildman–Crippen LogP) is 2.71. The lowest BCUT2D eigenvalue weighted by Gasteiger charge is -2.39. The molecule has 4 nitrogen and oxygen atoms in total. The Hall–Kier alpha value is -1.29. The number of likely N-dealkylation sites (tertiary alicyclic amines) is 1. The first-order valence-electron chi connectivity index (χ1n) is 8.25. The van der Waals surface area contributed by atoms with Gasteiger partial charge in [0.15, 0.2) is 0 Å². The maximum Gasteiger partial charge on any atom is 0.225 e. The fourth-order valence-electron chi connectivity index (χ4n) is 3.32. The standard InChI is InChI=1S/C17H26N2O2/c1-3-13-11-19(17(20)14-5-6-14)9-8-16(13)18-10-15-7-4-12(2)21-15/h4,7,13-14,16,18H,3,5-6,8-11H2,1-2H3. The molecule has 0 aromatic carbocycles. The Morgan fingerprint density at radius 3 is 2.81 bits per heavy atom. The lowest BCUT2D eigenvalue weighted by molar-refractivity contribution is -0.134. The minimum Gasteiger partial charge on any atom is -0.465 e. The van der Waals surface area contributed by atoms with Crippen LogP contribution in [0, 0.1) is 18.8 Å². The van der Waals surface area contributed by atoms with Crippen LogP contribution >= 0.6 is 0 Å². The highest BCUT2D eigenvalue weighted by Gasteiger charge is 2.37. The van der Waals surface area contributed by atoms with E-state index in [1.165, 1.54) is 0 Å². The van der Waals surface area contributed by atoms with Crippen LogP contribution in [-0.2, 0) is 11.3 Å². The average molecular weight is 290 g/mol. The maximum absolute atomic E-state index is 12.2. The lowest BCUT2D eigenvalue weighted by atomic mass is 9.89. The summed E-state index contributed by atoms with van der Waals surface area (Å²) in [5.74, 6) is 3.26. The molecule has 2 fully saturated rings. The van der Waals surface area contributed by atoms with Gasteiger partial charge in [0.1, 0.15) is 11.5 Å². The maximum atomic E-state index is 12.2. The minimum absolute atomic E-state index is 0.345. The minimum atomic E-state index is 0.345. The first kappa shape index (κ1) is 14.6. The molecule has 116 valence electrons. The molecular weight excluding hydrogens is 264 g/mol. The molecule has 1 amide bonds. The van der Waals surface area contributed by atoms with Gasteiger partial charge in [-0.15, -0.1) is 0 Å². The molecule has 2 aliphatic rings. The second kappa shape index (κ2) is 6.22. The monoisotopic (exact) mass is 290 g/mol. The molecule has 1 saturated carbocycles. The van der Waals surface area contributed by atoms with Crippen molar-refractivity contribution in [1.29, 1.82) is 0 Å². The molecule has 1 aliphatic carbocycles. The van der Waals surface area contributed by atoms with E-state index in [4.69, 9.17) is 4.42 Å². The van der Waals surface area contributed by atoms with Gasteiger partial charge < -0.3 is 14.6 Å². The molecule has 21 heavy (non-hydrogen) atoms. The quantitative estimate of drug-likeness (QED) is 0.907. The first-order valence-corrected chi connectivity index (χ1v) is 8.25. The molecule has 0 bridgehead atoms. The summed E-state index contributed by atoms with van der Waals surface area (Å²) in [5.41, 5.74) is 0. The van der Waals surface area contributed by atoms with Gasteiger partial charge in [-0.05, 0) is 44.2 Å². The van der Waals surface area contributed by atoms with Crippen LogP contribution in [-0.4, -0.2) is 29.9 Å². The number of furan rings is 1. The van der Waals surface area contributed by atoms with Crippen molar-refractivity contribution in [2.75, 3.05) is 13.1 Å². The van der Waals surface area contributed by atoms with Gasteiger partial charge in [0.2, 0.25) is 5.91 Å². The Labute approximate surface area is 126 Å². The molecule has 0 radical (unpaired) electrons. The van der Waals surface area contributed by atoms with Gasteiger partial charge in [0, 0.05) is 25.0 Å². The number of aryl methyl sites for hydroxylation is 1. The highest BCUT2D eigenvalue weighted by Crippen LogP contribution is 2.33. The Morgan fingerprint density at radius 2 is 2.19 bits per heavy atom. The summed E-state index contributed by atoms with van der Waals surface area (Å²) in [4.78, 5) is 14.3. The van der Waals surface area contributed by atoms with Crippen molar-refractivity contribution in [1.82, 2.24) is 10.2 Å². The zero-order valence-electron chi connectivity index (χ0n) is 13.1. The first-order chi connectivity index (χ1) is 10.2. The normalized spacial score (nSPS) is 26.1. The van der Waals surface area contributed by atoms with Crippen LogP contribution in [0.1, 0.15) is 44.1 Å². The van der Waals surface area contributed by atoms with E-state index in [1.54, 1.807) is 0 Å². The number of amides is 1. The van der Waals surface area contributed by atoms with Crippen LogP contribution in [0.4, 0.5) is 0 Å². The molecule has 1 aromatic rings. The van der Waals surface area contributed by atoms with Crippen LogP contribution in [0.5, 0.6) is 0 Å². The third-order valence-corrected chi connectivity index (χ3v) is 4.83. The summed E-state index contributed by atoms with van der Waals surface area (Å²) >= 11 is 0. The number of carbonyl (C=O) groups is 1. The molecular formula is C17H26N2O2. The number of nitrogens with one attached hydrogen (secondary N) is 1. The van der Waals surface area contributed by atoms with Gasteiger partial charge in [-0.3, -0.25) is 4.79 Å². The Kier molecular flexibility index (Phi) is 4.34. The van der Waals surface area contributed by atoms with Gasteiger partial charge in [0.05, 0.1) is 6.54 Å². The third kappa shape index (κ3) is 3.49. The van der Waals surface area contributed by atoms with E-state index >= 15 is 0 Å². The summed E-state index contributed by atoms with van der Waals surface area (Å²) in [7, 11) is 0. The van der Waals surface area contributed by atoms with E-state index < -0.39 is 0 Å². The Balaban J connectivity index is 1.52. The summed E-state index contributed by atoms with van der Waals surface area (Å²) < 4.78 is 5.62. The summed E-state index contributed by atoms with van der Waals surface area (Å²) in [6.07, 6.45) is 4.37. The molecule has 2 atom stereocenters. The molecule has 3 rings (SSSR count). The summed E-state index contributed by atoms with van der Waals surface area (Å²) in [6, 6.07) is 4.53. The van der Waals surface area contributed by atoms with Gasteiger partial charge in [-0.25, -0.2) is 0 Å². The zero-order chi connectivity index (χ0) is 14.8. The highest BCUT2D eigenvalue weighted by molar-refractivity contribution is 5.81. The van der Waals surface area contributed by atoms with Crippen molar-refractivity contribution in [2.24, 2.45) is 11.8 Å². The second-order valence-corrected chi connectivity index (χ2v) is 6.52. The number of nitrogens with zero attached hydrogens (tertiary/aromatic N) is 1. The predicted molar refractivity (Wildman–Crippen MR) is 81.8 cm³/mol. The van der Waals surface area contributed by atoms with E-state index in [0.29, 0.717) is 23.8 Å². The molecule has 1 saturated heterocycles. The summed E-state index contributed by atoms with van der Waals surface area (Å²) in [6.45, 7) is 6.80. The van der Waals surface area contributed by atoms with Crippen LogP contribution in [0.2, 0.25) is 0 Å². The summed E-state index contributed by atoms with van der Waals surface area (Å²) in [5, 5.41) is 3.62. The van der Waals surface area contributed by atoms with Crippen molar-refractivity contribution < 1.29 is 9.21 Å². The van der Waals surface area contributed by atoms with Gasteiger partial charge >= 0.3 is 0 Å². The fraction of sp³-hybridized carbons (Fsp3) is 0.706. The van der Waals surface area contributed by atoms with Crippen molar-refractivity contribution in [3.8, 4) is 0 Å². The SMILES string of the molecule is CCC1CN(C(=O)C2CC2)CCC1NCc1ccc(C)o1. The van der Waals surface area contributed by atoms with E-state index in [9.17, 15) is 4.79 Å². The van der Waals surface area contributed by atoms with Crippen molar-refractivity contribution in [2.45, 2.75) is 52.1 Å². The fourth-order valence-corrected chi connectivity index (χ4v) is 3.32. The highest BCUT2D eigenvalue weighted by atomic mass is 16.3. The molecule has 2 heterocycles. The van der Waals surface area contributed by atoms with Gasteiger partial charge in [0.25, 0.3) is 0 Å². The molecule has 1 aromatic heterocycles. The van der Waals surface area contributed by atoms with Gasteiger partial charge in [-0.2, -0.15) is 0 Å². The average Bonchev–Trinajstić information content (AvgIpc) is 3.27.